The third-order valence-corrected chi connectivity index (χ3v) is 8.75. The topological polar surface area (TPSA) is 142 Å². The monoisotopic (exact) mass is 597 g/mol. The Labute approximate surface area is 257 Å². The van der Waals surface area contributed by atoms with Crippen LogP contribution in [0.5, 0.6) is 0 Å². The van der Waals surface area contributed by atoms with Crippen LogP contribution in [0.3, 0.4) is 0 Å². The highest BCUT2D eigenvalue weighted by atomic mass is 16.5. The molecular weight excluding hydrogens is 558 g/mol. The molecule has 44 heavy (non-hydrogen) atoms. The number of amides is 2. The number of benzene rings is 1. The van der Waals surface area contributed by atoms with Crippen LogP contribution in [0.2, 0.25) is 0 Å². The molecule has 3 aliphatic rings. The third kappa shape index (κ3) is 6.58. The molecule has 2 amide bonds. The maximum Gasteiger partial charge on any atom is 0.256 e. The van der Waals surface area contributed by atoms with Crippen molar-refractivity contribution in [3.05, 3.63) is 78.1 Å². The molecule has 3 heterocycles. The summed E-state index contributed by atoms with van der Waals surface area (Å²) in [5.74, 6) is 1.70. The lowest BCUT2D eigenvalue weighted by Gasteiger charge is -2.35. The number of anilines is 4. The zero-order valence-corrected chi connectivity index (χ0v) is 25.0. The number of nitrogens with one attached hydrogen (secondary N) is 3. The minimum absolute atomic E-state index is 0.180. The fourth-order valence-electron chi connectivity index (χ4n) is 5.85. The van der Waals surface area contributed by atoms with Crippen molar-refractivity contribution >= 4 is 35.1 Å². The molecule has 2 saturated carbocycles. The van der Waals surface area contributed by atoms with Crippen LogP contribution in [0.4, 0.5) is 23.3 Å². The molecule has 2 aliphatic carbocycles. The average molecular weight is 598 g/mol. The Hall–Kier alpha value is -4.35. The zero-order valence-electron chi connectivity index (χ0n) is 25.0. The summed E-state index contributed by atoms with van der Waals surface area (Å²) in [6, 6.07) is 13.9. The van der Waals surface area contributed by atoms with E-state index in [0.717, 1.165) is 44.2 Å². The summed E-state index contributed by atoms with van der Waals surface area (Å²) in [7, 11) is 1.97. The van der Waals surface area contributed by atoms with Crippen LogP contribution in [-0.4, -0.2) is 69.6 Å². The lowest BCUT2D eigenvalue weighted by atomic mass is 9.81. The first-order chi connectivity index (χ1) is 21.3. The molecule has 3 fully saturated rings. The molecule has 0 unspecified atom stereocenters. The maximum atomic E-state index is 12.9. The molecule has 0 radical (unpaired) electrons. The second-order valence-corrected chi connectivity index (χ2v) is 12.0. The number of pyridine rings is 1. The molecule has 230 valence electrons. The summed E-state index contributed by atoms with van der Waals surface area (Å²) >= 11 is 0. The number of carbonyl (C=O) groups excluding carboxylic acids is 2. The van der Waals surface area contributed by atoms with Gasteiger partial charge in [0.25, 0.3) is 5.91 Å². The molecule has 1 aliphatic heterocycles. The number of hydrogen-bond acceptors (Lipinski definition) is 9. The van der Waals surface area contributed by atoms with Gasteiger partial charge in [0.05, 0.1) is 18.9 Å². The number of rotatable bonds is 11. The molecular formula is C33H39N7O4. The van der Waals surface area contributed by atoms with E-state index in [-0.39, 0.29) is 36.4 Å². The summed E-state index contributed by atoms with van der Waals surface area (Å²) < 4.78 is 5.17. The van der Waals surface area contributed by atoms with E-state index in [9.17, 15) is 14.7 Å². The Morgan fingerprint density at radius 3 is 2.45 bits per heavy atom. The summed E-state index contributed by atoms with van der Waals surface area (Å²) in [6.45, 7) is 4.31. The van der Waals surface area contributed by atoms with E-state index in [0.29, 0.717) is 41.9 Å². The number of aromatic nitrogens is 3. The van der Waals surface area contributed by atoms with Crippen molar-refractivity contribution in [1.29, 1.82) is 0 Å². The van der Waals surface area contributed by atoms with Gasteiger partial charge in [-0.05, 0) is 74.3 Å². The van der Waals surface area contributed by atoms with Crippen LogP contribution in [0.25, 0.3) is 0 Å². The van der Waals surface area contributed by atoms with Gasteiger partial charge in [-0.15, -0.1) is 6.58 Å². The Morgan fingerprint density at radius 1 is 1.05 bits per heavy atom. The van der Waals surface area contributed by atoms with Crippen molar-refractivity contribution < 1.29 is 19.4 Å². The smallest absolute Gasteiger partial charge is 0.256 e. The molecule has 1 aromatic carbocycles. The highest BCUT2D eigenvalue weighted by Gasteiger charge is 2.39. The average Bonchev–Trinajstić information content (AvgIpc) is 3.88. The Morgan fingerprint density at radius 2 is 1.80 bits per heavy atom. The van der Waals surface area contributed by atoms with Gasteiger partial charge in [0.1, 0.15) is 17.2 Å². The lowest BCUT2D eigenvalue weighted by molar-refractivity contribution is -0.186. The van der Waals surface area contributed by atoms with Crippen LogP contribution < -0.4 is 16.0 Å². The molecule has 0 spiro atoms. The molecule has 6 rings (SSSR count). The first-order valence-electron chi connectivity index (χ1n) is 15.3. The predicted octanol–water partition coefficient (Wildman–Crippen LogP) is 4.39. The molecule has 0 atom stereocenters. The van der Waals surface area contributed by atoms with Crippen molar-refractivity contribution in [3.63, 3.8) is 0 Å². The van der Waals surface area contributed by atoms with E-state index in [1.54, 1.807) is 24.3 Å². The second kappa shape index (κ2) is 12.7. The Kier molecular flexibility index (Phi) is 8.58. The van der Waals surface area contributed by atoms with Crippen LogP contribution >= 0.6 is 0 Å². The van der Waals surface area contributed by atoms with Gasteiger partial charge in [0, 0.05) is 37.4 Å². The second-order valence-electron chi connectivity index (χ2n) is 12.0. The highest BCUT2D eigenvalue weighted by Crippen LogP contribution is 2.37. The Bertz CT molecular complexity index is 1510. The molecule has 0 bridgehead atoms. The van der Waals surface area contributed by atoms with Crippen LogP contribution in [-0.2, 0) is 15.1 Å². The van der Waals surface area contributed by atoms with Gasteiger partial charge in [-0.25, -0.2) is 9.97 Å². The van der Waals surface area contributed by atoms with Gasteiger partial charge in [-0.1, -0.05) is 24.3 Å². The predicted molar refractivity (Wildman–Crippen MR) is 167 cm³/mol. The molecule has 1 saturated heterocycles. The van der Waals surface area contributed by atoms with E-state index in [1.165, 1.54) is 11.8 Å². The van der Waals surface area contributed by atoms with Crippen LogP contribution in [0.1, 0.15) is 66.1 Å². The summed E-state index contributed by atoms with van der Waals surface area (Å²) in [4.78, 5) is 40.9. The Balaban J connectivity index is 1.13. The highest BCUT2D eigenvalue weighted by molar-refractivity contribution is 5.99. The molecule has 11 nitrogen and oxygen atoms in total. The number of ether oxygens (including phenoxy) is 1. The van der Waals surface area contributed by atoms with E-state index < -0.39 is 5.60 Å². The van der Waals surface area contributed by atoms with Gasteiger partial charge in [-0.3, -0.25) is 9.59 Å². The molecule has 11 heteroatoms. The first-order valence-corrected chi connectivity index (χ1v) is 15.3. The fourth-order valence-corrected chi connectivity index (χ4v) is 5.85. The summed E-state index contributed by atoms with van der Waals surface area (Å²) in [5.41, 5.74) is 1.69. The molecule has 4 N–H and O–H groups in total. The number of hydrogen-bond donors (Lipinski definition) is 4. The van der Waals surface area contributed by atoms with Crippen LogP contribution in [0.15, 0.2) is 61.3 Å². The number of nitrogens with zero attached hydrogens (tertiary/aromatic N) is 4. The van der Waals surface area contributed by atoms with Crippen molar-refractivity contribution in [2.45, 2.75) is 56.1 Å². The minimum atomic E-state index is -1.13. The quantitative estimate of drug-likeness (QED) is 0.237. The van der Waals surface area contributed by atoms with Crippen molar-refractivity contribution in [3.8, 4) is 0 Å². The minimum Gasteiger partial charge on any atom is -0.379 e. The summed E-state index contributed by atoms with van der Waals surface area (Å²) in [5, 5.41) is 19.8. The van der Waals surface area contributed by atoms with E-state index in [2.05, 4.69) is 49.6 Å². The van der Waals surface area contributed by atoms with Gasteiger partial charge < -0.3 is 30.7 Å². The number of aliphatic hydroxyl groups is 1. The van der Waals surface area contributed by atoms with E-state index >= 15 is 0 Å². The largest absolute Gasteiger partial charge is 0.379 e. The van der Waals surface area contributed by atoms with Crippen molar-refractivity contribution in [2.75, 3.05) is 37.4 Å². The third-order valence-electron chi connectivity index (χ3n) is 8.75. The fraction of sp³-hybridized carbons (Fsp3) is 0.424. The lowest BCUT2D eigenvalue weighted by Crippen LogP contribution is -2.47. The van der Waals surface area contributed by atoms with E-state index in [1.807, 2.05) is 24.1 Å². The SMILES string of the molecule is C=CCNC(=O)c1cnc(Nc2ccc(C3CCC(N(C)C(=O)C4CC4)CC3)cc2)nc1Nc1cccc(C2(O)COC2)n1. The molecule has 3 aromatic rings. The normalized spacial score (nSPS) is 20.6. The first kappa shape index (κ1) is 29.7. The van der Waals surface area contributed by atoms with E-state index in [4.69, 9.17) is 4.74 Å². The summed E-state index contributed by atoms with van der Waals surface area (Å²) in [6.07, 6.45) is 9.33. The molecule has 2 aromatic heterocycles. The van der Waals surface area contributed by atoms with Crippen molar-refractivity contribution in [1.82, 2.24) is 25.2 Å². The number of carbonyl (C=O) groups is 2. The van der Waals surface area contributed by atoms with Gasteiger partial charge in [-0.2, -0.15) is 4.98 Å². The maximum absolute atomic E-state index is 12.9. The standard InChI is InChI=1S/C33H39N7O4/c1-3-17-34-30(41)26-18-35-32(39-29(26)38-28-6-4-5-27(37-28)33(43)19-44-20-33)36-24-13-9-21(10-14-24)22-11-15-25(16-12-22)40(2)31(42)23-7-8-23/h3-6,9-10,13-14,18,22-23,25,43H,1,7-8,11-12,15-17,19-20H2,2H3,(H,34,41)(H2,35,36,37,38,39). The van der Waals surface area contributed by atoms with Gasteiger partial charge in [0.15, 0.2) is 5.60 Å². The van der Waals surface area contributed by atoms with Gasteiger partial charge in [0.2, 0.25) is 11.9 Å². The van der Waals surface area contributed by atoms with Crippen molar-refractivity contribution in [2.24, 2.45) is 5.92 Å². The van der Waals surface area contributed by atoms with Gasteiger partial charge >= 0.3 is 0 Å². The van der Waals surface area contributed by atoms with Crippen LogP contribution in [0, 0.1) is 5.92 Å². The zero-order chi connectivity index (χ0) is 30.7.